The van der Waals surface area contributed by atoms with Gasteiger partial charge in [0, 0.05) is 23.1 Å². The predicted molar refractivity (Wildman–Crippen MR) is 61.6 cm³/mol. The lowest BCUT2D eigenvalue weighted by atomic mass is 10.1. The third-order valence-electron chi connectivity index (χ3n) is 2.20. The second-order valence-electron chi connectivity index (χ2n) is 3.28. The first-order valence-corrected chi connectivity index (χ1v) is 5.56. The third-order valence-corrected chi connectivity index (χ3v) is 3.10. The van der Waals surface area contributed by atoms with Crippen molar-refractivity contribution in [2.45, 2.75) is 12.5 Å². The van der Waals surface area contributed by atoms with E-state index in [1.54, 1.807) is 29.7 Å². The Bertz CT molecular complexity index is 428. The molecule has 0 saturated carbocycles. The van der Waals surface area contributed by atoms with Gasteiger partial charge in [0.1, 0.15) is 5.82 Å². The van der Waals surface area contributed by atoms with E-state index in [0.29, 0.717) is 17.8 Å². The molecule has 2 heterocycles. The van der Waals surface area contributed by atoms with Gasteiger partial charge in [-0.1, -0.05) is 12.1 Å². The van der Waals surface area contributed by atoms with Gasteiger partial charge in [-0.3, -0.25) is 0 Å². The standard InChI is InChI=1S/C11H12N2OS/c12-11-9(4-1-5-13-11)10(14)7-8-3-2-6-15-8/h1-6,10,14H,7H2,(H2,12,13). The molecule has 78 valence electrons. The molecule has 1 unspecified atom stereocenters. The average Bonchev–Trinajstić information content (AvgIpc) is 2.71. The van der Waals surface area contributed by atoms with Crippen molar-refractivity contribution in [2.24, 2.45) is 0 Å². The molecule has 4 heteroatoms. The van der Waals surface area contributed by atoms with Crippen LogP contribution in [-0.4, -0.2) is 10.1 Å². The van der Waals surface area contributed by atoms with Gasteiger partial charge in [0.25, 0.3) is 0 Å². The van der Waals surface area contributed by atoms with Crippen LogP contribution < -0.4 is 5.73 Å². The van der Waals surface area contributed by atoms with Crippen LogP contribution in [0.2, 0.25) is 0 Å². The summed E-state index contributed by atoms with van der Waals surface area (Å²) in [5, 5.41) is 12.0. The van der Waals surface area contributed by atoms with Crippen LogP contribution in [0, 0.1) is 0 Å². The zero-order valence-corrected chi connectivity index (χ0v) is 8.95. The van der Waals surface area contributed by atoms with Crippen LogP contribution in [0.25, 0.3) is 0 Å². The van der Waals surface area contributed by atoms with E-state index in [9.17, 15) is 5.11 Å². The van der Waals surface area contributed by atoms with Crippen LogP contribution in [0.3, 0.4) is 0 Å². The SMILES string of the molecule is Nc1ncccc1C(O)Cc1cccs1. The summed E-state index contributed by atoms with van der Waals surface area (Å²) in [5.41, 5.74) is 6.38. The molecule has 0 bridgehead atoms. The Morgan fingerprint density at radius 1 is 1.40 bits per heavy atom. The van der Waals surface area contributed by atoms with Crippen molar-refractivity contribution in [3.05, 3.63) is 46.3 Å². The number of pyridine rings is 1. The van der Waals surface area contributed by atoms with Crippen LogP contribution >= 0.6 is 11.3 Å². The van der Waals surface area contributed by atoms with E-state index in [4.69, 9.17) is 5.73 Å². The summed E-state index contributed by atoms with van der Waals surface area (Å²) in [6.07, 6.45) is 1.64. The number of hydrogen-bond donors (Lipinski definition) is 2. The molecular weight excluding hydrogens is 208 g/mol. The summed E-state index contributed by atoms with van der Waals surface area (Å²) >= 11 is 1.63. The van der Waals surface area contributed by atoms with Gasteiger partial charge in [-0.15, -0.1) is 11.3 Å². The Kier molecular flexibility index (Phi) is 2.99. The Hall–Kier alpha value is -1.39. The summed E-state index contributed by atoms with van der Waals surface area (Å²) in [6, 6.07) is 7.56. The topological polar surface area (TPSA) is 59.1 Å². The Labute approximate surface area is 92.2 Å². The molecule has 15 heavy (non-hydrogen) atoms. The lowest BCUT2D eigenvalue weighted by molar-refractivity contribution is 0.180. The average molecular weight is 220 g/mol. The lowest BCUT2D eigenvalue weighted by Gasteiger charge is -2.11. The third kappa shape index (κ3) is 2.34. The highest BCUT2D eigenvalue weighted by atomic mass is 32.1. The molecule has 0 saturated heterocycles. The highest BCUT2D eigenvalue weighted by Crippen LogP contribution is 2.23. The first-order valence-electron chi connectivity index (χ1n) is 4.68. The molecule has 0 radical (unpaired) electrons. The van der Waals surface area contributed by atoms with E-state index < -0.39 is 6.10 Å². The number of aliphatic hydroxyl groups excluding tert-OH is 1. The molecule has 0 amide bonds. The Balaban J connectivity index is 2.15. The first kappa shape index (κ1) is 10.1. The van der Waals surface area contributed by atoms with Crippen LogP contribution in [0.1, 0.15) is 16.5 Å². The van der Waals surface area contributed by atoms with Crippen LogP contribution in [-0.2, 0) is 6.42 Å². The monoisotopic (exact) mass is 220 g/mol. The quantitative estimate of drug-likeness (QED) is 0.831. The number of aliphatic hydroxyl groups is 1. The molecule has 3 N–H and O–H groups in total. The number of nitrogens with zero attached hydrogens (tertiary/aromatic N) is 1. The van der Waals surface area contributed by atoms with Crippen molar-refractivity contribution in [1.82, 2.24) is 4.98 Å². The van der Waals surface area contributed by atoms with E-state index >= 15 is 0 Å². The van der Waals surface area contributed by atoms with E-state index in [-0.39, 0.29) is 0 Å². The fourth-order valence-electron chi connectivity index (χ4n) is 1.44. The summed E-state index contributed by atoms with van der Waals surface area (Å²) in [5.74, 6) is 0.404. The molecule has 3 nitrogen and oxygen atoms in total. The summed E-state index contributed by atoms with van der Waals surface area (Å²) in [6.45, 7) is 0. The van der Waals surface area contributed by atoms with Crippen LogP contribution in [0.15, 0.2) is 35.8 Å². The molecule has 2 rings (SSSR count). The second-order valence-corrected chi connectivity index (χ2v) is 4.31. The highest BCUT2D eigenvalue weighted by molar-refractivity contribution is 7.09. The Morgan fingerprint density at radius 3 is 2.93 bits per heavy atom. The lowest BCUT2D eigenvalue weighted by Crippen LogP contribution is -2.05. The normalized spacial score (nSPS) is 12.6. The maximum absolute atomic E-state index is 9.96. The van der Waals surface area contributed by atoms with Gasteiger partial charge in [-0.25, -0.2) is 4.98 Å². The van der Waals surface area contributed by atoms with Crippen molar-refractivity contribution in [2.75, 3.05) is 5.73 Å². The van der Waals surface area contributed by atoms with Gasteiger partial charge < -0.3 is 10.8 Å². The van der Waals surface area contributed by atoms with Crippen molar-refractivity contribution in [3.8, 4) is 0 Å². The molecule has 0 aliphatic heterocycles. The zero-order valence-electron chi connectivity index (χ0n) is 8.13. The van der Waals surface area contributed by atoms with E-state index in [1.807, 2.05) is 17.5 Å². The minimum absolute atomic E-state index is 0.404. The van der Waals surface area contributed by atoms with Gasteiger partial charge >= 0.3 is 0 Å². The number of nitrogens with two attached hydrogens (primary N) is 1. The molecule has 0 fully saturated rings. The van der Waals surface area contributed by atoms with Crippen molar-refractivity contribution in [1.29, 1.82) is 0 Å². The van der Waals surface area contributed by atoms with Crippen LogP contribution in [0.4, 0.5) is 5.82 Å². The first-order chi connectivity index (χ1) is 7.27. The van der Waals surface area contributed by atoms with Gasteiger partial charge in [-0.05, 0) is 17.5 Å². The van der Waals surface area contributed by atoms with Gasteiger partial charge in [-0.2, -0.15) is 0 Å². The van der Waals surface area contributed by atoms with Gasteiger partial charge in [0.15, 0.2) is 0 Å². The largest absolute Gasteiger partial charge is 0.388 e. The van der Waals surface area contributed by atoms with Crippen LogP contribution in [0.5, 0.6) is 0 Å². The second kappa shape index (κ2) is 4.42. The van der Waals surface area contributed by atoms with E-state index in [0.717, 1.165) is 4.88 Å². The maximum Gasteiger partial charge on any atom is 0.129 e. The van der Waals surface area contributed by atoms with Crippen molar-refractivity contribution < 1.29 is 5.11 Å². The molecule has 2 aromatic rings. The maximum atomic E-state index is 9.96. The Morgan fingerprint density at radius 2 is 2.27 bits per heavy atom. The predicted octanol–water partition coefficient (Wildman–Crippen LogP) is 2.00. The summed E-state index contributed by atoms with van der Waals surface area (Å²) in [4.78, 5) is 5.09. The minimum atomic E-state index is -0.572. The van der Waals surface area contributed by atoms with Crippen molar-refractivity contribution in [3.63, 3.8) is 0 Å². The number of thiophene rings is 1. The zero-order chi connectivity index (χ0) is 10.7. The van der Waals surface area contributed by atoms with E-state index in [2.05, 4.69) is 4.98 Å². The molecular formula is C11H12N2OS. The molecule has 2 aromatic heterocycles. The fourth-order valence-corrected chi connectivity index (χ4v) is 2.18. The fraction of sp³-hybridized carbons (Fsp3) is 0.182. The number of aromatic nitrogens is 1. The smallest absolute Gasteiger partial charge is 0.129 e. The van der Waals surface area contributed by atoms with E-state index in [1.165, 1.54) is 0 Å². The summed E-state index contributed by atoms with van der Waals surface area (Å²) in [7, 11) is 0. The number of hydrogen-bond acceptors (Lipinski definition) is 4. The molecule has 0 aromatic carbocycles. The molecule has 1 atom stereocenters. The van der Waals surface area contributed by atoms with Crippen molar-refractivity contribution >= 4 is 17.2 Å². The minimum Gasteiger partial charge on any atom is -0.388 e. The number of anilines is 1. The number of rotatable bonds is 3. The highest BCUT2D eigenvalue weighted by Gasteiger charge is 2.12. The number of nitrogen functional groups attached to an aromatic ring is 1. The molecule has 0 aliphatic rings. The van der Waals surface area contributed by atoms with Gasteiger partial charge in [0.2, 0.25) is 0 Å². The van der Waals surface area contributed by atoms with Gasteiger partial charge in [0.05, 0.1) is 6.10 Å². The summed E-state index contributed by atoms with van der Waals surface area (Å²) < 4.78 is 0. The molecule has 0 aliphatic carbocycles. The molecule has 0 spiro atoms.